The molecular weight excluding hydrogens is 299 g/mol. The molecule has 6 nitrogen and oxygen atoms in total. The first-order chi connectivity index (χ1) is 11.1. The number of ether oxygens (including phenoxy) is 1. The van der Waals surface area contributed by atoms with Gasteiger partial charge >= 0.3 is 0 Å². The third kappa shape index (κ3) is 2.30. The van der Waals surface area contributed by atoms with E-state index in [1.54, 1.807) is 23.9 Å². The lowest BCUT2D eigenvalue weighted by atomic mass is 10.2. The first-order valence-corrected chi connectivity index (χ1v) is 7.93. The van der Waals surface area contributed by atoms with Gasteiger partial charge in [0.25, 0.3) is 5.56 Å². The van der Waals surface area contributed by atoms with Crippen molar-refractivity contribution in [1.29, 1.82) is 0 Å². The Balaban J connectivity index is 1.98. The fourth-order valence-corrected chi connectivity index (χ4v) is 3.18. The Bertz CT molecular complexity index is 810. The summed E-state index contributed by atoms with van der Waals surface area (Å²) >= 11 is 0. The molecule has 2 aromatic rings. The number of fused-ring (bicyclic) bond motifs is 1. The van der Waals surface area contributed by atoms with Crippen molar-refractivity contribution in [3.05, 3.63) is 28.6 Å². The van der Waals surface area contributed by atoms with E-state index in [1.165, 1.54) is 0 Å². The predicted molar refractivity (Wildman–Crippen MR) is 84.8 cm³/mol. The highest BCUT2D eigenvalue weighted by atomic mass is 19.1. The van der Waals surface area contributed by atoms with Gasteiger partial charge in [-0.05, 0) is 19.8 Å². The van der Waals surface area contributed by atoms with Crippen LogP contribution in [-0.4, -0.2) is 47.5 Å². The number of hydrogen-bond acceptors (Lipinski definition) is 5. The third-order valence-electron chi connectivity index (χ3n) is 4.77. The van der Waals surface area contributed by atoms with Crippen molar-refractivity contribution in [2.75, 3.05) is 37.9 Å². The van der Waals surface area contributed by atoms with Crippen molar-refractivity contribution in [3.63, 3.8) is 0 Å². The number of pyridine rings is 1. The molecule has 7 heteroatoms. The highest BCUT2D eigenvalue weighted by molar-refractivity contribution is 5.89. The van der Waals surface area contributed by atoms with E-state index in [9.17, 15) is 9.18 Å². The summed E-state index contributed by atoms with van der Waals surface area (Å²) in [4.78, 5) is 23.8. The number of hydrogen-bond donors (Lipinski definition) is 0. The van der Waals surface area contributed by atoms with Crippen LogP contribution in [0.2, 0.25) is 0 Å². The third-order valence-corrected chi connectivity index (χ3v) is 4.77. The maximum Gasteiger partial charge on any atom is 0.276 e. The van der Waals surface area contributed by atoms with Gasteiger partial charge in [-0.1, -0.05) is 0 Å². The van der Waals surface area contributed by atoms with Gasteiger partial charge in [0.15, 0.2) is 0 Å². The summed E-state index contributed by atoms with van der Waals surface area (Å²) in [5.74, 6) is 0.621. The van der Waals surface area contributed by atoms with E-state index >= 15 is 0 Å². The zero-order chi connectivity index (χ0) is 16.0. The van der Waals surface area contributed by atoms with Crippen LogP contribution < -0.4 is 10.5 Å². The van der Waals surface area contributed by atoms with E-state index in [0.717, 1.165) is 5.39 Å². The van der Waals surface area contributed by atoms with Gasteiger partial charge in [0, 0.05) is 30.9 Å². The quantitative estimate of drug-likeness (QED) is 0.856. The maximum absolute atomic E-state index is 13.5. The van der Waals surface area contributed by atoms with Gasteiger partial charge in [0.1, 0.15) is 23.7 Å². The van der Waals surface area contributed by atoms with Gasteiger partial charge in [-0.2, -0.15) is 0 Å². The van der Waals surface area contributed by atoms with Crippen LogP contribution in [0.5, 0.6) is 0 Å². The van der Waals surface area contributed by atoms with E-state index in [4.69, 9.17) is 4.74 Å². The summed E-state index contributed by atoms with van der Waals surface area (Å²) in [6.45, 7) is 3.72. The van der Waals surface area contributed by atoms with Gasteiger partial charge < -0.3 is 14.2 Å². The molecule has 2 aromatic heterocycles. The van der Waals surface area contributed by atoms with E-state index in [2.05, 4.69) is 9.97 Å². The van der Waals surface area contributed by atoms with Crippen molar-refractivity contribution in [3.8, 4) is 0 Å². The van der Waals surface area contributed by atoms with E-state index in [-0.39, 0.29) is 5.56 Å². The summed E-state index contributed by atoms with van der Waals surface area (Å²) in [7, 11) is 0. The van der Waals surface area contributed by atoms with E-state index in [1.807, 2.05) is 4.90 Å². The Kier molecular flexibility index (Phi) is 3.33. The van der Waals surface area contributed by atoms with Crippen molar-refractivity contribution in [2.45, 2.75) is 25.3 Å². The first kappa shape index (κ1) is 14.6. The van der Waals surface area contributed by atoms with Crippen LogP contribution in [0.3, 0.4) is 0 Å². The molecule has 0 N–H and O–H groups in total. The maximum atomic E-state index is 13.5. The minimum atomic E-state index is -0.669. The molecule has 0 aromatic carbocycles. The molecule has 0 unspecified atom stereocenters. The molecule has 0 amide bonds. The topological polar surface area (TPSA) is 60.2 Å². The van der Waals surface area contributed by atoms with Crippen LogP contribution in [0.25, 0.3) is 10.9 Å². The zero-order valence-corrected chi connectivity index (χ0v) is 13.1. The van der Waals surface area contributed by atoms with Crippen molar-refractivity contribution in [2.24, 2.45) is 0 Å². The fraction of sp³-hybridized carbons (Fsp3) is 0.562. The molecule has 3 heterocycles. The average molecular weight is 318 g/mol. The number of alkyl halides is 1. The molecule has 122 valence electrons. The predicted octanol–water partition coefficient (Wildman–Crippen LogP) is 1.40. The molecule has 2 aliphatic rings. The molecule has 2 fully saturated rings. The van der Waals surface area contributed by atoms with Crippen molar-refractivity contribution >= 4 is 16.6 Å². The van der Waals surface area contributed by atoms with Gasteiger partial charge in [0.05, 0.1) is 18.8 Å². The molecule has 1 saturated heterocycles. The second-order valence-electron chi connectivity index (χ2n) is 6.33. The summed E-state index contributed by atoms with van der Waals surface area (Å²) in [6, 6.07) is 0. The molecule has 4 rings (SSSR count). The van der Waals surface area contributed by atoms with Gasteiger partial charge in [-0.25, -0.2) is 14.4 Å². The van der Waals surface area contributed by atoms with E-state index in [0.29, 0.717) is 56.2 Å². The van der Waals surface area contributed by atoms with Crippen LogP contribution in [0, 0.1) is 6.92 Å². The van der Waals surface area contributed by atoms with E-state index < -0.39 is 12.2 Å². The number of morpholine rings is 1. The molecule has 0 atom stereocenters. The number of rotatable bonds is 3. The number of halogens is 1. The highest BCUT2D eigenvalue weighted by Crippen LogP contribution is 2.43. The zero-order valence-electron chi connectivity index (χ0n) is 13.1. The summed E-state index contributed by atoms with van der Waals surface area (Å²) in [5.41, 5.74) is 0.371. The Morgan fingerprint density at radius 2 is 2.09 bits per heavy atom. The van der Waals surface area contributed by atoms with Crippen molar-refractivity contribution in [1.82, 2.24) is 14.5 Å². The molecular formula is C16H19FN4O2. The van der Waals surface area contributed by atoms with Crippen molar-refractivity contribution < 1.29 is 9.13 Å². The second-order valence-corrected chi connectivity index (χ2v) is 6.33. The Hall–Kier alpha value is -2.02. The standard InChI is InChI=1S/C16H19FN4O2/c1-11-18-8-12-9-21(16(10-17)2-3-16)15(22)14(13(12)19-11)20-4-6-23-7-5-20/h8-9H,2-7,10H2,1H3. The van der Waals surface area contributed by atoms with Crippen LogP contribution in [0.4, 0.5) is 10.1 Å². The monoisotopic (exact) mass is 318 g/mol. The Labute approximate surface area is 132 Å². The van der Waals surface area contributed by atoms with Gasteiger partial charge in [-0.3, -0.25) is 4.79 Å². The Morgan fingerprint density at radius 1 is 1.35 bits per heavy atom. The number of aromatic nitrogens is 3. The van der Waals surface area contributed by atoms with Crippen LogP contribution in [-0.2, 0) is 10.3 Å². The molecule has 0 radical (unpaired) electrons. The molecule has 1 aliphatic heterocycles. The smallest absolute Gasteiger partial charge is 0.276 e. The first-order valence-electron chi connectivity index (χ1n) is 7.93. The second kappa shape index (κ2) is 5.26. The average Bonchev–Trinajstić information content (AvgIpc) is 3.36. The highest BCUT2D eigenvalue weighted by Gasteiger charge is 2.46. The molecule has 1 aliphatic carbocycles. The number of aryl methyl sites for hydroxylation is 1. The lowest BCUT2D eigenvalue weighted by Crippen LogP contribution is -2.42. The van der Waals surface area contributed by atoms with Crippen LogP contribution in [0.1, 0.15) is 18.7 Å². The summed E-state index contributed by atoms with van der Waals surface area (Å²) < 4.78 is 20.5. The Morgan fingerprint density at radius 3 is 2.74 bits per heavy atom. The van der Waals surface area contributed by atoms with Gasteiger partial charge in [-0.15, -0.1) is 0 Å². The molecule has 23 heavy (non-hydrogen) atoms. The SMILES string of the molecule is Cc1ncc2cn(C3(CF)CC3)c(=O)c(N3CCOCC3)c2n1. The number of anilines is 1. The molecule has 0 spiro atoms. The van der Waals surface area contributed by atoms with Crippen LogP contribution in [0.15, 0.2) is 17.2 Å². The molecule has 0 bridgehead atoms. The molecule has 1 saturated carbocycles. The minimum Gasteiger partial charge on any atom is -0.378 e. The fourth-order valence-electron chi connectivity index (χ4n) is 3.18. The van der Waals surface area contributed by atoms with Crippen LogP contribution >= 0.6 is 0 Å². The van der Waals surface area contributed by atoms with Gasteiger partial charge in [0.2, 0.25) is 0 Å². The lowest BCUT2D eigenvalue weighted by Gasteiger charge is -2.30. The minimum absolute atomic E-state index is 0.160. The normalized spacial score (nSPS) is 20.0. The summed E-state index contributed by atoms with van der Waals surface area (Å²) in [6.07, 6.45) is 4.83. The lowest BCUT2D eigenvalue weighted by molar-refractivity contribution is 0.122. The number of nitrogens with zero attached hydrogens (tertiary/aromatic N) is 4. The summed E-state index contributed by atoms with van der Waals surface area (Å²) in [5, 5.41) is 0.774. The largest absolute Gasteiger partial charge is 0.378 e.